The van der Waals surface area contributed by atoms with E-state index in [0.717, 1.165) is 5.56 Å². The summed E-state index contributed by atoms with van der Waals surface area (Å²) in [5.41, 5.74) is 1.96. The molecule has 0 aliphatic heterocycles. The molecule has 0 atom stereocenters. The van der Waals surface area contributed by atoms with Gasteiger partial charge in [0.25, 0.3) is 5.56 Å². The molecule has 0 fully saturated rings. The number of ether oxygens (including phenoxy) is 1. The first-order chi connectivity index (χ1) is 11.8. The van der Waals surface area contributed by atoms with E-state index in [2.05, 4.69) is 21.2 Å². The predicted octanol–water partition coefficient (Wildman–Crippen LogP) is 3.96. The molecule has 0 saturated heterocycles. The second kappa shape index (κ2) is 7.82. The van der Waals surface area contributed by atoms with Gasteiger partial charge in [-0.15, -0.1) is 0 Å². The molecule has 134 valence electrons. The molecule has 0 radical (unpaired) electrons. The predicted molar refractivity (Wildman–Crippen MR) is 99.4 cm³/mol. The number of aromatic nitrogens is 1. The van der Waals surface area contributed by atoms with Crippen LogP contribution in [-0.4, -0.2) is 17.1 Å². The van der Waals surface area contributed by atoms with Crippen LogP contribution in [0.25, 0.3) is 0 Å². The molecule has 1 N–H and O–H groups in total. The van der Waals surface area contributed by atoms with E-state index in [1.54, 1.807) is 40.0 Å². The largest absolute Gasteiger partial charge is 0.462 e. The molecule has 0 saturated carbocycles. The first-order valence-corrected chi connectivity index (χ1v) is 8.92. The number of anilines is 2. The molecule has 5 nitrogen and oxygen atoms in total. The van der Waals surface area contributed by atoms with Crippen LogP contribution in [-0.2, 0) is 17.1 Å². The highest BCUT2D eigenvalue weighted by atomic mass is 79.9. The van der Waals surface area contributed by atoms with Crippen molar-refractivity contribution in [3.05, 3.63) is 56.8 Å². The van der Waals surface area contributed by atoms with Crippen molar-refractivity contribution in [2.45, 2.75) is 26.1 Å². The van der Waals surface area contributed by atoms with Gasteiger partial charge in [-0.05, 0) is 38.5 Å². The quantitative estimate of drug-likeness (QED) is 0.598. The molecule has 25 heavy (non-hydrogen) atoms. The zero-order valence-electron chi connectivity index (χ0n) is 14.6. The topological polar surface area (TPSA) is 60.3 Å². The number of esters is 1. The van der Waals surface area contributed by atoms with E-state index in [-0.39, 0.29) is 34.4 Å². The van der Waals surface area contributed by atoms with Gasteiger partial charge in [-0.25, -0.2) is 9.18 Å². The highest BCUT2D eigenvalue weighted by molar-refractivity contribution is 9.08. The molecule has 0 amide bonds. The molecular weight excluding hydrogens is 391 g/mol. The third-order valence-electron chi connectivity index (χ3n) is 3.93. The van der Waals surface area contributed by atoms with E-state index in [0.29, 0.717) is 11.3 Å². The number of carbonyl (C=O) groups excluding carboxylic acids is 1. The summed E-state index contributed by atoms with van der Waals surface area (Å²) in [5.74, 6) is -1.03. The van der Waals surface area contributed by atoms with Gasteiger partial charge in [0.2, 0.25) is 0 Å². The molecule has 1 heterocycles. The summed E-state index contributed by atoms with van der Waals surface area (Å²) in [5, 5.41) is 3.18. The van der Waals surface area contributed by atoms with Crippen LogP contribution in [0.5, 0.6) is 0 Å². The first kappa shape index (κ1) is 19.2. The van der Waals surface area contributed by atoms with Crippen LogP contribution in [0.4, 0.5) is 15.8 Å². The number of rotatable bonds is 5. The highest BCUT2D eigenvalue weighted by Gasteiger charge is 2.24. The van der Waals surface area contributed by atoms with E-state index < -0.39 is 11.8 Å². The average molecular weight is 411 g/mol. The summed E-state index contributed by atoms with van der Waals surface area (Å²) < 4.78 is 20.8. The van der Waals surface area contributed by atoms with Gasteiger partial charge >= 0.3 is 5.97 Å². The Bertz CT molecular complexity index is 878. The van der Waals surface area contributed by atoms with Crippen molar-refractivity contribution in [2.75, 3.05) is 11.9 Å². The minimum atomic E-state index is -0.564. The Morgan fingerprint density at radius 3 is 2.60 bits per heavy atom. The van der Waals surface area contributed by atoms with Crippen LogP contribution in [0.1, 0.15) is 34.1 Å². The normalized spacial score (nSPS) is 10.6. The van der Waals surface area contributed by atoms with Gasteiger partial charge in [0, 0.05) is 23.6 Å². The first-order valence-electron chi connectivity index (χ1n) is 7.80. The lowest BCUT2D eigenvalue weighted by Gasteiger charge is -2.19. The lowest BCUT2D eigenvalue weighted by Crippen LogP contribution is -2.28. The molecule has 7 heteroatoms. The Morgan fingerprint density at radius 2 is 2.04 bits per heavy atom. The summed E-state index contributed by atoms with van der Waals surface area (Å²) in [7, 11) is 1.59. The summed E-state index contributed by atoms with van der Waals surface area (Å²) in [6.07, 6.45) is 0. The van der Waals surface area contributed by atoms with Crippen molar-refractivity contribution in [1.29, 1.82) is 0 Å². The van der Waals surface area contributed by atoms with Gasteiger partial charge in [-0.1, -0.05) is 22.0 Å². The van der Waals surface area contributed by atoms with Crippen molar-refractivity contribution in [3.8, 4) is 0 Å². The Kier molecular flexibility index (Phi) is 6.00. The minimum absolute atomic E-state index is 0.188. The maximum atomic E-state index is 14.2. The van der Waals surface area contributed by atoms with Crippen LogP contribution in [0.3, 0.4) is 0 Å². The third kappa shape index (κ3) is 3.76. The van der Waals surface area contributed by atoms with E-state index in [4.69, 9.17) is 4.74 Å². The maximum absolute atomic E-state index is 14.2. The average Bonchev–Trinajstić information content (AvgIpc) is 2.57. The molecule has 2 aromatic rings. The van der Waals surface area contributed by atoms with Crippen LogP contribution < -0.4 is 10.9 Å². The number of hydrogen-bond acceptors (Lipinski definition) is 4. The number of alkyl halides is 1. The maximum Gasteiger partial charge on any atom is 0.342 e. The number of benzene rings is 1. The number of nitrogens with one attached hydrogen (secondary N) is 1. The molecule has 0 spiro atoms. The van der Waals surface area contributed by atoms with Crippen LogP contribution in [0.2, 0.25) is 0 Å². The summed E-state index contributed by atoms with van der Waals surface area (Å²) >= 11 is 3.31. The third-order valence-corrected chi connectivity index (χ3v) is 4.47. The smallest absolute Gasteiger partial charge is 0.342 e. The van der Waals surface area contributed by atoms with Gasteiger partial charge in [-0.3, -0.25) is 4.79 Å². The molecule has 0 bridgehead atoms. The summed E-state index contributed by atoms with van der Waals surface area (Å²) in [6.45, 7) is 5.27. The second-order valence-corrected chi connectivity index (χ2v) is 6.21. The van der Waals surface area contributed by atoms with Crippen molar-refractivity contribution in [3.63, 3.8) is 0 Å². The van der Waals surface area contributed by atoms with Crippen molar-refractivity contribution in [1.82, 2.24) is 4.57 Å². The monoisotopic (exact) mass is 410 g/mol. The van der Waals surface area contributed by atoms with Crippen LogP contribution in [0, 0.1) is 19.7 Å². The van der Waals surface area contributed by atoms with Gasteiger partial charge < -0.3 is 14.6 Å². The number of aryl methyl sites for hydroxylation is 1. The molecule has 0 unspecified atom stereocenters. The fraction of sp³-hybridized carbons (Fsp3) is 0.333. The molecule has 2 rings (SSSR count). The Labute approximate surface area is 153 Å². The number of hydrogen-bond donors (Lipinski definition) is 1. The number of pyridine rings is 1. The Hall–Kier alpha value is -2.15. The highest BCUT2D eigenvalue weighted by Crippen LogP contribution is 2.29. The van der Waals surface area contributed by atoms with Crippen LogP contribution in [0.15, 0.2) is 23.0 Å². The van der Waals surface area contributed by atoms with E-state index >= 15 is 0 Å². The fourth-order valence-corrected chi connectivity index (χ4v) is 3.23. The number of halogens is 2. The zero-order chi connectivity index (χ0) is 18.7. The van der Waals surface area contributed by atoms with Crippen molar-refractivity contribution < 1.29 is 13.9 Å². The van der Waals surface area contributed by atoms with Gasteiger partial charge in [0.05, 0.1) is 18.0 Å². The van der Waals surface area contributed by atoms with Crippen molar-refractivity contribution in [2.24, 2.45) is 7.05 Å². The standard InChI is InChI=1S/C18H20BrFN2O3/c1-5-25-18(24)15-14(9-19)22(4)17(23)11(3)16(15)21-13-7-6-10(2)8-12(13)20/h6-8,21H,5,9H2,1-4H3. The van der Waals surface area contributed by atoms with E-state index in [9.17, 15) is 14.0 Å². The van der Waals surface area contributed by atoms with Gasteiger partial charge in [0.1, 0.15) is 11.4 Å². The molecule has 1 aromatic heterocycles. The molecular formula is C18H20BrFN2O3. The Balaban J connectivity index is 2.72. The lowest BCUT2D eigenvalue weighted by molar-refractivity contribution is 0.0525. The van der Waals surface area contributed by atoms with E-state index in [1.165, 1.54) is 10.6 Å². The Morgan fingerprint density at radius 1 is 1.36 bits per heavy atom. The fourth-order valence-electron chi connectivity index (χ4n) is 2.57. The van der Waals surface area contributed by atoms with E-state index in [1.807, 2.05) is 0 Å². The van der Waals surface area contributed by atoms with Crippen molar-refractivity contribution >= 4 is 33.3 Å². The molecule has 1 aromatic carbocycles. The zero-order valence-corrected chi connectivity index (χ0v) is 16.2. The SMILES string of the molecule is CCOC(=O)c1c(Nc2ccc(C)cc2F)c(C)c(=O)n(C)c1CBr. The number of nitrogens with zero attached hydrogens (tertiary/aromatic N) is 1. The van der Waals surface area contributed by atoms with Crippen LogP contribution >= 0.6 is 15.9 Å². The second-order valence-electron chi connectivity index (χ2n) is 5.65. The molecule has 0 aliphatic rings. The van der Waals surface area contributed by atoms with Gasteiger partial charge in [-0.2, -0.15) is 0 Å². The summed E-state index contributed by atoms with van der Waals surface area (Å²) in [4.78, 5) is 25.0. The molecule has 0 aliphatic carbocycles. The number of carbonyl (C=O) groups is 1. The lowest BCUT2D eigenvalue weighted by atomic mass is 10.1. The van der Waals surface area contributed by atoms with Gasteiger partial charge in [0.15, 0.2) is 0 Å². The minimum Gasteiger partial charge on any atom is -0.462 e. The summed E-state index contributed by atoms with van der Waals surface area (Å²) in [6, 6.07) is 4.70.